The summed E-state index contributed by atoms with van der Waals surface area (Å²) in [5.74, 6) is 3.38. The van der Waals surface area contributed by atoms with E-state index in [1.165, 1.54) is 44.1 Å². The van der Waals surface area contributed by atoms with Crippen LogP contribution in [0.3, 0.4) is 0 Å². The number of halogens is 1. The molecule has 1 unspecified atom stereocenters. The third-order valence-electron chi connectivity index (χ3n) is 7.54. The maximum Gasteiger partial charge on any atom is 0.146 e. The molecule has 0 radical (unpaired) electrons. The number of ether oxygens (including phenoxy) is 3. The number of aryl methyl sites for hydroxylation is 1. The molecule has 150 valence electrons. The zero-order valence-corrected chi connectivity index (χ0v) is 18.3. The van der Waals surface area contributed by atoms with Gasteiger partial charge in [0.15, 0.2) is 0 Å². The second-order valence-electron chi connectivity index (χ2n) is 8.85. The Labute approximate surface area is 172 Å². The summed E-state index contributed by atoms with van der Waals surface area (Å²) in [5, 5.41) is 0.997. The summed E-state index contributed by atoms with van der Waals surface area (Å²) in [6.07, 6.45) is 9.01. The molecule has 0 amide bonds. The summed E-state index contributed by atoms with van der Waals surface area (Å²) < 4.78 is 17.2. The van der Waals surface area contributed by atoms with Gasteiger partial charge < -0.3 is 14.2 Å². The molecule has 2 fully saturated rings. The van der Waals surface area contributed by atoms with Crippen LogP contribution in [0.1, 0.15) is 62.5 Å². The van der Waals surface area contributed by atoms with Gasteiger partial charge in [-0.2, -0.15) is 0 Å². The Morgan fingerprint density at radius 2 is 2.07 bits per heavy atom. The third kappa shape index (κ3) is 3.70. The molecule has 4 heteroatoms. The summed E-state index contributed by atoms with van der Waals surface area (Å²) in [6.45, 7) is 3.71. The molecule has 1 aromatic rings. The van der Waals surface area contributed by atoms with Crippen LogP contribution >= 0.6 is 15.9 Å². The summed E-state index contributed by atoms with van der Waals surface area (Å²) in [6, 6.07) is 6.88. The number of hydrogen-bond donors (Lipinski definition) is 0. The first-order valence-electron chi connectivity index (χ1n) is 10.6. The van der Waals surface area contributed by atoms with Gasteiger partial charge >= 0.3 is 0 Å². The van der Waals surface area contributed by atoms with Crippen molar-refractivity contribution >= 4 is 15.9 Å². The fourth-order valence-corrected chi connectivity index (χ4v) is 6.50. The normalized spacial score (nSPS) is 34.6. The highest BCUT2D eigenvalue weighted by molar-refractivity contribution is 9.09. The van der Waals surface area contributed by atoms with E-state index in [2.05, 4.69) is 41.1 Å². The minimum absolute atomic E-state index is 0.329. The predicted octanol–water partition coefficient (Wildman–Crippen LogP) is 5.70. The Balaban J connectivity index is 1.49. The van der Waals surface area contributed by atoms with Crippen molar-refractivity contribution in [3.8, 4) is 5.75 Å². The molecule has 4 rings (SSSR count). The van der Waals surface area contributed by atoms with Gasteiger partial charge in [0.2, 0.25) is 0 Å². The van der Waals surface area contributed by atoms with Gasteiger partial charge in [-0.05, 0) is 91.4 Å². The number of benzene rings is 1. The zero-order chi connectivity index (χ0) is 18.9. The van der Waals surface area contributed by atoms with E-state index in [-0.39, 0.29) is 0 Å². The van der Waals surface area contributed by atoms with Gasteiger partial charge in [-0.1, -0.05) is 28.9 Å². The Morgan fingerprint density at radius 3 is 2.89 bits per heavy atom. The maximum absolute atomic E-state index is 6.09. The van der Waals surface area contributed by atoms with Gasteiger partial charge in [-0.3, -0.25) is 0 Å². The SMILES string of the molecule is COCOC1CC[C@H]2[C@@H]3CCc4cc(OCCCBr)ccc4[C@H]3CC[C@]12C. The molecule has 0 saturated heterocycles. The van der Waals surface area contributed by atoms with Crippen molar-refractivity contribution in [2.75, 3.05) is 25.8 Å². The Kier molecular flexibility index (Phi) is 6.15. The largest absolute Gasteiger partial charge is 0.494 e. The molecule has 0 heterocycles. The highest BCUT2D eigenvalue weighted by Gasteiger charge is 2.55. The standard InChI is InChI=1S/C23H33BrO3/c1-23-11-10-19-18-7-5-17(26-13-3-12-24)14-16(18)4-6-20(19)21(23)8-9-22(23)27-15-25-2/h5,7,14,19-22H,3-4,6,8-13,15H2,1-2H3/t19-,20-,21+,22?,23+/m1/s1. The van der Waals surface area contributed by atoms with Crippen molar-refractivity contribution in [2.45, 2.75) is 63.9 Å². The molecule has 0 aromatic heterocycles. The molecule has 0 bridgehead atoms. The lowest BCUT2D eigenvalue weighted by atomic mass is 9.55. The highest BCUT2D eigenvalue weighted by Crippen LogP contribution is 2.61. The van der Waals surface area contributed by atoms with Crippen molar-refractivity contribution in [3.63, 3.8) is 0 Å². The average Bonchev–Trinajstić information content (AvgIpc) is 3.02. The van der Waals surface area contributed by atoms with Crippen LogP contribution in [0.15, 0.2) is 18.2 Å². The van der Waals surface area contributed by atoms with Gasteiger partial charge in [0.1, 0.15) is 12.5 Å². The zero-order valence-electron chi connectivity index (χ0n) is 16.7. The fraction of sp³-hybridized carbons (Fsp3) is 0.739. The molecule has 5 atom stereocenters. The average molecular weight is 437 g/mol. The van der Waals surface area contributed by atoms with E-state index < -0.39 is 0 Å². The lowest BCUT2D eigenvalue weighted by Gasteiger charge is -2.50. The number of methoxy groups -OCH3 is 1. The minimum atomic E-state index is 0.329. The highest BCUT2D eigenvalue weighted by atomic mass is 79.9. The molecule has 1 aromatic carbocycles. The minimum Gasteiger partial charge on any atom is -0.494 e. The van der Waals surface area contributed by atoms with Crippen molar-refractivity contribution in [1.82, 2.24) is 0 Å². The van der Waals surface area contributed by atoms with Gasteiger partial charge in [-0.25, -0.2) is 0 Å². The molecule has 0 spiro atoms. The molecule has 2 saturated carbocycles. The van der Waals surface area contributed by atoms with Gasteiger partial charge in [0.25, 0.3) is 0 Å². The lowest BCUT2D eigenvalue weighted by Crippen LogP contribution is -2.44. The number of fused-ring (bicyclic) bond motifs is 5. The van der Waals surface area contributed by atoms with Crippen molar-refractivity contribution in [3.05, 3.63) is 29.3 Å². The van der Waals surface area contributed by atoms with E-state index in [1.54, 1.807) is 12.7 Å². The van der Waals surface area contributed by atoms with Crippen LogP contribution in [0.4, 0.5) is 0 Å². The van der Waals surface area contributed by atoms with Crippen molar-refractivity contribution in [2.24, 2.45) is 17.3 Å². The number of alkyl halides is 1. The van der Waals surface area contributed by atoms with Crippen molar-refractivity contribution < 1.29 is 14.2 Å². The fourth-order valence-electron chi connectivity index (χ4n) is 6.27. The number of hydrogen-bond acceptors (Lipinski definition) is 3. The van der Waals surface area contributed by atoms with Crippen LogP contribution in [-0.2, 0) is 15.9 Å². The molecule has 3 nitrogen and oxygen atoms in total. The smallest absolute Gasteiger partial charge is 0.146 e. The van der Waals surface area contributed by atoms with Gasteiger partial charge in [0, 0.05) is 12.4 Å². The number of rotatable bonds is 7. The first kappa shape index (κ1) is 19.7. The predicted molar refractivity (Wildman–Crippen MR) is 112 cm³/mol. The topological polar surface area (TPSA) is 27.7 Å². The van der Waals surface area contributed by atoms with Crippen LogP contribution in [0.25, 0.3) is 0 Å². The Hall–Kier alpha value is -0.580. The van der Waals surface area contributed by atoms with E-state index >= 15 is 0 Å². The summed E-state index contributed by atoms with van der Waals surface area (Å²) in [5.41, 5.74) is 3.46. The third-order valence-corrected chi connectivity index (χ3v) is 8.11. The second kappa shape index (κ2) is 8.42. The quantitative estimate of drug-likeness (QED) is 0.311. The summed E-state index contributed by atoms with van der Waals surface area (Å²) in [7, 11) is 1.72. The lowest BCUT2D eigenvalue weighted by molar-refractivity contribution is -0.125. The maximum atomic E-state index is 6.09. The first-order chi connectivity index (χ1) is 13.2. The monoisotopic (exact) mass is 436 g/mol. The second-order valence-corrected chi connectivity index (χ2v) is 9.64. The van der Waals surface area contributed by atoms with Crippen LogP contribution in [0.2, 0.25) is 0 Å². The van der Waals surface area contributed by atoms with E-state index in [4.69, 9.17) is 14.2 Å². The van der Waals surface area contributed by atoms with Crippen LogP contribution < -0.4 is 4.74 Å². The Morgan fingerprint density at radius 1 is 1.19 bits per heavy atom. The van der Waals surface area contributed by atoms with Crippen LogP contribution in [0, 0.1) is 17.3 Å². The molecule has 0 aliphatic heterocycles. The molecule has 3 aliphatic carbocycles. The summed E-state index contributed by atoms with van der Waals surface area (Å²) >= 11 is 3.47. The van der Waals surface area contributed by atoms with E-state index in [1.807, 2.05) is 0 Å². The molecule has 0 N–H and O–H groups in total. The Bertz CT molecular complexity index is 649. The van der Waals surface area contributed by atoms with Crippen molar-refractivity contribution in [1.29, 1.82) is 0 Å². The summed E-state index contributed by atoms with van der Waals surface area (Å²) in [4.78, 5) is 0. The molecule has 3 aliphatic rings. The van der Waals surface area contributed by atoms with E-state index in [0.717, 1.165) is 41.9 Å². The molecule has 27 heavy (non-hydrogen) atoms. The molecular weight excluding hydrogens is 404 g/mol. The van der Waals surface area contributed by atoms with Gasteiger partial charge in [0.05, 0.1) is 12.7 Å². The molecular formula is C23H33BrO3. The van der Waals surface area contributed by atoms with E-state index in [0.29, 0.717) is 18.3 Å². The van der Waals surface area contributed by atoms with Gasteiger partial charge in [-0.15, -0.1) is 0 Å². The van der Waals surface area contributed by atoms with E-state index in [9.17, 15) is 0 Å². The first-order valence-corrected chi connectivity index (χ1v) is 11.7. The van der Waals surface area contributed by atoms with Crippen LogP contribution in [0.5, 0.6) is 5.75 Å². The van der Waals surface area contributed by atoms with Crippen LogP contribution in [-0.4, -0.2) is 31.9 Å².